The van der Waals surface area contributed by atoms with E-state index in [2.05, 4.69) is 20.6 Å². The molecule has 2 N–H and O–H groups in total. The average Bonchev–Trinajstić information content (AvgIpc) is 3.60. The number of anilines is 2. The predicted octanol–water partition coefficient (Wildman–Crippen LogP) is 9.39. The van der Waals surface area contributed by atoms with Crippen LogP contribution in [0.15, 0.2) is 124 Å². The van der Waals surface area contributed by atoms with Gasteiger partial charge in [-0.2, -0.15) is 0 Å². The molecule has 2 amide bonds. The Labute approximate surface area is 332 Å². The highest BCUT2D eigenvalue weighted by molar-refractivity contribution is 7.94. The molecule has 6 rings (SSSR count). The summed E-state index contributed by atoms with van der Waals surface area (Å²) in [5.74, 6) is -1.03. The van der Waals surface area contributed by atoms with Gasteiger partial charge >= 0.3 is 0 Å². The number of rotatable bonds is 9. The number of carbonyl (C=O) groups is 2. The highest BCUT2D eigenvalue weighted by atomic mass is 35.5. The lowest BCUT2D eigenvalue weighted by atomic mass is 10.2. The SMILES string of the molecule is CC(C)(C(=O)Nc1ccc2ccccc2n1)S(=O)(=O)c1ccc(Cl)cc1.CC(C)(C(=O)Nc1nc(-c2ccc(Cl)cc2)cs1)S(=O)(=O)c1ccc(Cl)cc1. The van der Waals surface area contributed by atoms with Crippen molar-refractivity contribution >= 4 is 99.5 Å². The van der Waals surface area contributed by atoms with Crippen molar-refractivity contribution in [1.82, 2.24) is 9.97 Å². The van der Waals surface area contributed by atoms with Gasteiger partial charge < -0.3 is 10.6 Å². The number of halogens is 3. The van der Waals surface area contributed by atoms with E-state index >= 15 is 0 Å². The van der Waals surface area contributed by atoms with Crippen molar-refractivity contribution in [2.75, 3.05) is 10.6 Å². The van der Waals surface area contributed by atoms with Crippen LogP contribution < -0.4 is 10.6 Å². The Kier molecular flexibility index (Phi) is 12.2. The molecule has 6 aromatic rings. The van der Waals surface area contributed by atoms with Gasteiger partial charge in [-0.05, 0) is 107 Å². The molecule has 0 aliphatic carbocycles. The Bertz CT molecular complexity index is 2540. The monoisotopic (exact) mass is 842 g/mol. The number of carbonyl (C=O) groups excluding carboxylic acids is 2. The fraction of sp³-hybridized carbons (Fsp3) is 0.158. The summed E-state index contributed by atoms with van der Waals surface area (Å²) in [5, 5.41) is 9.69. The fourth-order valence-electron chi connectivity index (χ4n) is 4.80. The quantitative estimate of drug-likeness (QED) is 0.146. The van der Waals surface area contributed by atoms with E-state index in [0.29, 0.717) is 37.2 Å². The number of pyridine rings is 1. The summed E-state index contributed by atoms with van der Waals surface area (Å²) in [6.45, 7) is 5.46. The van der Waals surface area contributed by atoms with Crippen molar-refractivity contribution < 1.29 is 26.4 Å². The first-order chi connectivity index (χ1) is 25.3. The lowest BCUT2D eigenvalue weighted by Crippen LogP contribution is -2.44. The third-order valence-electron chi connectivity index (χ3n) is 8.39. The molecule has 0 spiro atoms. The van der Waals surface area contributed by atoms with E-state index in [-0.39, 0.29) is 9.79 Å². The van der Waals surface area contributed by atoms with E-state index < -0.39 is 41.0 Å². The van der Waals surface area contributed by atoms with Crippen LogP contribution in [0.1, 0.15) is 27.7 Å². The zero-order chi connectivity index (χ0) is 39.5. The normalized spacial score (nSPS) is 12.1. The Morgan fingerprint density at radius 2 is 1.06 bits per heavy atom. The molecule has 10 nitrogen and oxygen atoms in total. The van der Waals surface area contributed by atoms with Crippen molar-refractivity contribution in [1.29, 1.82) is 0 Å². The second-order valence-corrected chi connectivity index (χ2v) is 19.9. The molecule has 280 valence electrons. The molecule has 0 saturated carbocycles. The van der Waals surface area contributed by atoms with Crippen molar-refractivity contribution in [3.05, 3.63) is 130 Å². The lowest BCUT2D eigenvalue weighted by Gasteiger charge is -2.23. The molecule has 2 heterocycles. The maximum Gasteiger partial charge on any atom is 0.247 e. The van der Waals surface area contributed by atoms with Gasteiger partial charge in [0.2, 0.25) is 11.8 Å². The van der Waals surface area contributed by atoms with Crippen molar-refractivity contribution in [2.24, 2.45) is 0 Å². The van der Waals surface area contributed by atoms with Gasteiger partial charge in [0.05, 0.1) is 21.0 Å². The number of fused-ring (bicyclic) bond motifs is 1. The Morgan fingerprint density at radius 1 is 0.593 bits per heavy atom. The number of amides is 2. The molecule has 0 bridgehead atoms. The molecule has 0 radical (unpaired) electrons. The summed E-state index contributed by atoms with van der Waals surface area (Å²) in [6, 6.07) is 29.5. The number of hydrogen-bond donors (Lipinski definition) is 2. The number of aromatic nitrogens is 2. The molecule has 0 aliphatic heterocycles. The summed E-state index contributed by atoms with van der Waals surface area (Å²) >= 11 is 18.7. The van der Waals surface area contributed by atoms with Crippen LogP contribution in [0, 0.1) is 0 Å². The van der Waals surface area contributed by atoms with Gasteiger partial charge in [-0.3, -0.25) is 9.59 Å². The van der Waals surface area contributed by atoms with Gasteiger partial charge in [0.15, 0.2) is 24.8 Å². The zero-order valence-electron chi connectivity index (χ0n) is 29.2. The molecule has 0 atom stereocenters. The summed E-state index contributed by atoms with van der Waals surface area (Å²) in [5.41, 5.74) is 2.22. The molecule has 0 unspecified atom stereocenters. The van der Waals surface area contributed by atoms with Crippen LogP contribution in [-0.4, -0.2) is 48.1 Å². The number of para-hydroxylation sites is 1. The zero-order valence-corrected chi connectivity index (χ0v) is 33.9. The van der Waals surface area contributed by atoms with Gasteiger partial charge in [0.1, 0.15) is 15.3 Å². The number of benzene rings is 4. The van der Waals surface area contributed by atoms with Crippen LogP contribution in [0.3, 0.4) is 0 Å². The third kappa shape index (κ3) is 8.78. The van der Waals surface area contributed by atoms with Crippen LogP contribution in [0.4, 0.5) is 10.9 Å². The third-order valence-corrected chi connectivity index (χ3v) is 14.7. The second kappa shape index (κ2) is 16.2. The maximum atomic E-state index is 12.9. The van der Waals surface area contributed by atoms with Crippen molar-refractivity contribution in [3.8, 4) is 11.3 Å². The lowest BCUT2D eigenvalue weighted by molar-refractivity contribution is -0.118. The van der Waals surface area contributed by atoms with Gasteiger partial charge in [0.25, 0.3) is 0 Å². The highest BCUT2D eigenvalue weighted by Gasteiger charge is 2.44. The van der Waals surface area contributed by atoms with E-state index in [0.717, 1.165) is 10.9 Å². The van der Waals surface area contributed by atoms with E-state index in [1.807, 2.05) is 42.5 Å². The molecule has 16 heteroatoms. The number of sulfone groups is 2. The minimum Gasteiger partial charge on any atom is -0.309 e. The minimum absolute atomic E-state index is 0.0260. The second-order valence-electron chi connectivity index (χ2n) is 12.8. The Morgan fingerprint density at radius 3 is 1.57 bits per heavy atom. The molecule has 4 aromatic carbocycles. The van der Waals surface area contributed by atoms with Crippen molar-refractivity contribution in [2.45, 2.75) is 47.0 Å². The Balaban J connectivity index is 0.000000208. The van der Waals surface area contributed by atoms with Gasteiger partial charge in [-0.15, -0.1) is 11.3 Å². The molecule has 0 saturated heterocycles. The Hall–Kier alpha value is -4.37. The molecule has 2 aromatic heterocycles. The number of nitrogens with zero attached hydrogens (tertiary/aromatic N) is 2. The van der Waals surface area contributed by atoms with E-state index in [1.165, 1.54) is 87.6 Å². The fourth-order valence-corrected chi connectivity index (χ4v) is 8.65. The first-order valence-electron chi connectivity index (χ1n) is 16.0. The summed E-state index contributed by atoms with van der Waals surface area (Å²) < 4.78 is 48.2. The van der Waals surface area contributed by atoms with Crippen LogP contribution in [-0.2, 0) is 29.3 Å². The number of hydrogen-bond acceptors (Lipinski definition) is 9. The van der Waals surface area contributed by atoms with Crippen LogP contribution in [0.5, 0.6) is 0 Å². The molecular formula is C38H33Cl3N4O6S3. The largest absolute Gasteiger partial charge is 0.309 e. The molecule has 0 fully saturated rings. The molecule has 0 aliphatic rings. The summed E-state index contributed by atoms with van der Waals surface area (Å²) in [4.78, 5) is 34.2. The summed E-state index contributed by atoms with van der Waals surface area (Å²) in [7, 11) is -7.85. The minimum atomic E-state index is -3.93. The van der Waals surface area contributed by atoms with Crippen molar-refractivity contribution in [3.63, 3.8) is 0 Å². The summed E-state index contributed by atoms with van der Waals surface area (Å²) in [6.07, 6.45) is 0. The smallest absolute Gasteiger partial charge is 0.247 e. The predicted molar refractivity (Wildman–Crippen MR) is 217 cm³/mol. The first-order valence-corrected chi connectivity index (χ1v) is 21.0. The van der Waals surface area contributed by atoms with E-state index in [9.17, 15) is 26.4 Å². The van der Waals surface area contributed by atoms with Crippen LogP contribution in [0.2, 0.25) is 15.1 Å². The number of thiazole rings is 1. The van der Waals surface area contributed by atoms with E-state index in [4.69, 9.17) is 34.8 Å². The molecular weight excluding hydrogens is 811 g/mol. The average molecular weight is 844 g/mol. The molecule has 54 heavy (non-hydrogen) atoms. The standard InChI is InChI=1S/C19H16Cl2N2O3S2.C19H17ClN2O3S/c1-19(2,28(25,26)15-9-7-14(21)8-10-15)17(24)23-18-22-16(11-27-18)12-3-5-13(20)6-4-12;1-19(2,26(24,25)15-10-8-14(20)9-11-15)18(23)22-17-12-7-13-5-3-4-6-16(13)21-17/h3-11H,1-2H3,(H,22,23,24);3-12H,1-2H3,(H,21,22,23). The van der Waals surface area contributed by atoms with Gasteiger partial charge in [0, 0.05) is 31.4 Å². The van der Waals surface area contributed by atoms with E-state index in [1.54, 1.807) is 23.6 Å². The van der Waals surface area contributed by atoms with Gasteiger partial charge in [-0.1, -0.05) is 65.1 Å². The number of nitrogens with one attached hydrogen (secondary N) is 2. The maximum absolute atomic E-state index is 12.9. The highest BCUT2D eigenvalue weighted by Crippen LogP contribution is 2.31. The van der Waals surface area contributed by atoms with Gasteiger partial charge in [-0.25, -0.2) is 26.8 Å². The van der Waals surface area contributed by atoms with Crippen LogP contribution in [0.25, 0.3) is 22.2 Å². The first kappa shape index (κ1) is 40.8. The topological polar surface area (TPSA) is 152 Å². The van der Waals surface area contributed by atoms with Crippen LogP contribution >= 0.6 is 46.1 Å².